The number of nitrogens with zero attached hydrogens (tertiary/aromatic N) is 3. The molecule has 4 heteroatoms. The van der Waals surface area contributed by atoms with E-state index in [1.165, 1.54) is 25.7 Å². The van der Waals surface area contributed by atoms with Crippen LogP contribution in [0.3, 0.4) is 0 Å². The first kappa shape index (κ1) is 11.3. The van der Waals surface area contributed by atoms with Crippen LogP contribution in [0, 0.1) is 23.2 Å². The summed E-state index contributed by atoms with van der Waals surface area (Å²) in [5.74, 6) is 2.57. The third-order valence-corrected chi connectivity index (χ3v) is 3.69. The number of aromatic nitrogens is 1. The Balaban J connectivity index is 1.80. The quantitative estimate of drug-likeness (QED) is 0.859. The van der Waals surface area contributed by atoms with Gasteiger partial charge in [-0.05, 0) is 49.7 Å². The third kappa shape index (κ3) is 2.56. The number of nitriles is 1. The number of hydrogen-bond donors (Lipinski definition) is 1. The molecule has 0 amide bonds. The molecule has 1 heterocycles. The van der Waals surface area contributed by atoms with Crippen molar-refractivity contribution in [1.82, 2.24) is 4.98 Å². The van der Waals surface area contributed by atoms with Crippen LogP contribution in [0.1, 0.15) is 31.4 Å². The van der Waals surface area contributed by atoms with Gasteiger partial charge >= 0.3 is 0 Å². The molecule has 0 spiro atoms. The van der Waals surface area contributed by atoms with Crippen LogP contribution in [-0.2, 0) is 0 Å². The van der Waals surface area contributed by atoms with E-state index in [2.05, 4.69) is 16.0 Å². The fourth-order valence-corrected chi connectivity index (χ4v) is 2.21. The van der Waals surface area contributed by atoms with E-state index in [1.807, 2.05) is 6.07 Å². The molecule has 0 saturated heterocycles. The normalized spacial score (nSPS) is 18.4. The lowest BCUT2D eigenvalue weighted by molar-refractivity contribution is 0.671. The molecule has 0 bridgehead atoms. The fraction of sp³-hybridized carbons (Fsp3) is 0.571. The zero-order chi connectivity index (χ0) is 12.5. The van der Waals surface area contributed by atoms with Gasteiger partial charge in [-0.15, -0.1) is 0 Å². The Morgan fingerprint density at radius 1 is 1.22 bits per heavy atom. The maximum Gasteiger partial charge on any atom is 0.165 e. The number of rotatable bonds is 5. The van der Waals surface area contributed by atoms with E-state index in [4.69, 9.17) is 11.0 Å². The second-order valence-corrected chi connectivity index (χ2v) is 5.51. The van der Waals surface area contributed by atoms with Gasteiger partial charge < -0.3 is 10.6 Å². The van der Waals surface area contributed by atoms with Crippen molar-refractivity contribution in [1.29, 1.82) is 5.26 Å². The Hall–Kier alpha value is -1.76. The van der Waals surface area contributed by atoms with Crippen LogP contribution in [0.4, 0.5) is 11.5 Å². The van der Waals surface area contributed by atoms with Crippen LogP contribution in [0.25, 0.3) is 0 Å². The van der Waals surface area contributed by atoms with Crippen molar-refractivity contribution in [3.8, 4) is 6.07 Å². The van der Waals surface area contributed by atoms with Gasteiger partial charge in [0.25, 0.3) is 0 Å². The lowest BCUT2D eigenvalue weighted by atomic mass is 10.2. The van der Waals surface area contributed by atoms with Gasteiger partial charge in [0.1, 0.15) is 11.9 Å². The molecule has 4 nitrogen and oxygen atoms in total. The Morgan fingerprint density at radius 2 is 1.83 bits per heavy atom. The summed E-state index contributed by atoms with van der Waals surface area (Å²) < 4.78 is 0. The van der Waals surface area contributed by atoms with E-state index < -0.39 is 0 Å². The summed E-state index contributed by atoms with van der Waals surface area (Å²) in [6, 6.07) is 5.81. The molecule has 2 aliphatic carbocycles. The van der Waals surface area contributed by atoms with Crippen LogP contribution in [-0.4, -0.2) is 18.1 Å². The molecule has 2 N–H and O–H groups in total. The van der Waals surface area contributed by atoms with E-state index in [-0.39, 0.29) is 0 Å². The zero-order valence-electron chi connectivity index (χ0n) is 10.5. The number of anilines is 2. The molecule has 94 valence electrons. The Labute approximate surface area is 107 Å². The number of nitrogen functional groups attached to an aromatic ring is 1. The van der Waals surface area contributed by atoms with Gasteiger partial charge in [0, 0.05) is 13.1 Å². The van der Waals surface area contributed by atoms with Gasteiger partial charge in [0.2, 0.25) is 0 Å². The van der Waals surface area contributed by atoms with Crippen LogP contribution in [0.15, 0.2) is 12.1 Å². The number of hydrogen-bond acceptors (Lipinski definition) is 4. The predicted molar refractivity (Wildman–Crippen MR) is 71.0 cm³/mol. The molecule has 2 fully saturated rings. The summed E-state index contributed by atoms with van der Waals surface area (Å²) in [6.07, 6.45) is 5.34. The predicted octanol–water partition coefficient (Wildman–Crippen LogP) is 2.16. The van der Waals surface area contributed by atoms with Gasteiger partial charge in [-0.3, -0.25) is 0 Å². The van der Waals surface area contributed by atoms with Crippen LogP contribution in [0.5, 0.6) is 0 Å². The minimum Gasteiger partial charge on any atom is -0.396 e. The lowest BCUT2D eigenvalue weighted by Crippen LogP contribution is -2.29. The van der Waals surface area contributed by atoms with Gasteiger partial charge in [-0.25, -0.2) is 4.98 Å². The van der Waals surface area contributed by atoms with Crippen LogP contribution in [0.2, 0.25) is 0 Å². The second-order valence-electron chi connectivity index (χ2n) is 5.51. The van der Waals surface area contributed by atoms with Crippen LogP contribution >= 0.6 is 0 Å². The Kier molecular flexibility index (Phi) is 2.83. The average Bonchev–Trinajstić information content (AvgIpc) is 3.24. The standard InChI is InChI=1S/C14H18N4/c15-7-13-12(16)5-6-14(17-13)18(8-10-1-2-10)9-11-3-4-11/h5-6,10-11H,1-4,8-9,16H2. The maximum atomic E-state index is 9.00. The summed E-state index contributed by atoms with van der Waals surface area (Å²) in [5, 5.41) is 9.00. The largest absolute Gasteiger partial charge is 0.396 e. The summed E-state index contributed by atoms with van der Waals surface area (Å²) in [6.45, 7) is 2.16. The van der Waals surface area contributed by atoms with Crippen molar-refractivity contribution < 1.29 is 0 Å². The molecular weight excluding hydrogens is 224 g/mol. The molecule has 0 radical (unpaired) electrons. The molecule has 0 unspecified atom stereocenters. The van der Waals surface area contributed by atoms with Crippen molar-refractivity contribution in [2.45, 2.75) is 25.7 Å². The van der Waals surface area contributed by atoms with E-state index in [0.29, 0.717) is 11.4 Å². The van der Waals surface area contributed by atoms with Crippen molar-refractivity contribution >= 4 is 11.5 Å². The van der Waals surface area contributed by atoms with E-state index in [1.54, 1.807) is 6.07 Å². The first-order valence-electron chi connectivity index (χ1n) is 6.68. The van der Waals surface area contributed by atoms with Crippen molar-refractivity contribution in [3.05, 3.63) is 17.8 Å². The highest BCUT2D eigenvalue weighted by Crippen LogP contribution is 2.35. The Morgan fingerprint density at radius 3 is 2.33 bits per heavy atom. The van der Waals surface area contributed by atoms with Crippen molar-refractivity contribution in [2.24, 2.45) is 11.8 Å². The molecule has 1 aromatic heterocycles. The molecule has 2 aliphatic rings. The lowest BCUT2D eigenvalue weighted by Gasteiger charge is -2.24. The van der Waals surface area contributed by atoms with E-state index in [0.717, 1.165) is 30.7 Å². The monoisotopic (exact) mass is 242 g/mol. The van der Waals surface area contributed by atoms with Crippen LogP contribution < -0.4 is 10.6 Å². The van der Waals surface area contributed by atoms with Gasteiger partial charge in [-0.2, -0.15) is 5.26 Å². The third-order valence-electron chi connectivity index (χ3n) is 3.69. The molecule has 0 aliphatic heterocycles. The minimum absolute atomic E-state index is 0.351. The fourth-order valence-electron chi connectivity index (χ4n) is 2.21. The van der Waals surface area contributed by atoms with Crippen molar-refractivity contribution in [3.63, 3.8) is 0 Å². The number of nitrogens with two attached hydrogens (primary N) is 1. The summed E-state index contributed by atoms with van der Waals surface area (Å²) >= 11 is 0. The van der Waals surface area contributed by atoms with Gasteiger partial charge in [0.15, 0.2) is 5.69 Å². The van der Waals surface area contributed by atoms with Crippen molar-refractivity contribution in [2.75, 3.05) is 23.7 Å². The van der Waals surface area contributed by atoms with E-state index >= 15 is 0 Å². The highest BCUT2D eigenvalue weighted by Gasteiger charge is 2.29. The molecule has 0 atom stereocenters. The number of pyridine rings is 1. The Bertz CT molecular complexity index is 469. The zero-order valence-corrected chi connectivity index (χ0v) is 10.5. The average molecular weight is 242 g/mol. The molecule has 0 aromatic carbocycles. The summed E-state index contributed by atoms with van der Waals surface area (Å²) in [5.41, 5.74) is 6.55. The maximum absolute atomic E-state index is 9.00. The minimum atomic E-state index is 0.351. The first-order chi connectivity index (χ1) is 8.76. The molecule has 2 saturated carbocycles. The smallest absolute Gasteiger partial charge is 0.165 e. The molecule has 1 aromatic rings. The molecule has 18 heavy (non-hydrogen) atoms. The van der Waals surface area contributed by atoms with Gasteiger partial charge in [-0.1, -0.05) is 0 Å². The van der Waals surface area contributed by atoms with Gasteiger partial charge in [0.05, 0.1) is 5.69 Å². The highest BCUT2D eigenvalue weighted by molar-refractivity contribution is 5.55. The second kappa shape index (κ2) is 4.49. The molecular formula is C14H18N4. The molecule has 3 rings (SSSR count). The first-order valence-corrected chi connectivity index (χ1v) is 6.68. The highest BCUT2D eigenvalue weighted by atomic mass is 15.2. The van der Waals surface area contributed by atoms with E-state index in [9.17, 15) is 0 Å². The summed E-state index contributed by atoms with van der Waals surface area (Å²) in [4.78, 5) is 6.74. The topological polar surface area (TPSA) is 65.9 Å². The SMILES string of the molecule is N#Cc1nc(N(CC2CC2)CC2CC2)ccc1N. The summed E-state index contributed by atoms with van der Waals surface area (Å²) in [7, 11) is 0.